The van der Waals surface area contributed by atoms with Gasteiger partial charge in [0.1, 0.15) is 0 Å². The molecule has 5 heteroatoms. The zero-order valence-corrected chi connectivity index (χ0v) is 14.3. The van der Waals surface area contributed by atoms with Gasteiger partial charge in [0.25, 0.3) is 0 Å². The van der Waals surface area contributed by atoms with E-state index in [1.54, 1.807) is 4.90 Å². The Balaban J connectivity index is 2.54. The molecule has 0 unspecified atom stereocenters. The number of hydrogen-bond donors (Lipinski definition) is 1. The summed E-state index contributed by atoms with van der Waals surface area (Å²) in [6, 6.07) is 7.47. The molecule has 122 valence electrons. The minimum Gasteiger partial charge on any atom is -0.354 e. The van der Waals surface area contributed by atoms with Crippen LogP contribution in [0.3, 0.4) is 0 Å². The second-order valence-electron chi connectivity index (χ2n) is 5.34. The molecular weight excluding hydrogens is 300 g/mol. The molecule has 0 bridgehead atoms. The van der Waals surface area contributed by atoms with E-state index in [-0.39, 0.29) is 17.7 Å². The molecule has 1 rings (SSSR count). The fraction of sp³-hybridized carbons (Fsp3) is 0.529. The van der Waals surface area contributed by atoms with E-state index in [2.05, 4.69) is 5.32 Å². The first-order chi connectivity index (χ1) is 10.5. The predicted molar refractivity (Wildman–Crippen MR) is 89.6 cm³/mol. The Morgan fingerprint density at radius 2 is 1.86 bits per heavy atom. The number of benzene rings is 1. The van der Waals surface area contributed by atoms with E-state index in [1.165, 1.54) is 6.92 Å². The van der Waals surface area contributed by atoms with Crippen LogP contribution in [0.2, 0.25) is 5.02 Å². The minimum absolute atomic E-state index is 0.0308. The van der Waals surface area contributed by atoms with Crippen LogP contribution in [-0.4, -0.2) is 29.8 Å². The smallest absolute Gasteiger partial charge is 0.223 e. The molecule has 0 aromatic heterocycles. The van der Waals surface area contributed by atoms with Crippen molar-refractivity contribution in [2.24, 2.45) is 5.92 Å². The molecule has 0 spiro atoms. The van der Waals surface area contributed by atoms with Gasteiger partial charge in [0.2, 0.25) is 11.8 Å². The molecule has 0 atom stereocenters. The normalized spacial score (nSPS) is 10.6. The zero-order valence-electron chi connectivity index (χ0n) is 13.6. The number of hydrogen-bond acceptors (Lipinski definition) is 2. The van der Waals surface area contributed by atoms with Crippen molar-refractivity contribution in [3.05, 3.63) is 34.9 Å². The highest BCUT2D eigenvalue weighted by Crippen LogP contribution is 2.17. The zero-order chi connectivity index (χ0) is 16.5. The molecule has 1 aromatic rings. The van der Waals surface area contributed by atoms with Gasteiger partial charge in [-0.1, -0.05) is 43.6 Å². The van der Waals surface area contributed by atoms with E-state index >= 15 is 0 Å². The van der Waals surface area contributed by atoms with Crippen LogP contribution in [0, 0.1) is 5.92 Å². The highest BCUT2D eigenvalue weighted by atomic mass is 35.5. The first kappa shape index (κ1) is 18.5. The molecular formula is C17H25ClN2O2. The molecule has 2 amide bonds. The van der Waals surface area contributed by atoms with E-state index in [0.717, 1.165) is 18.4 Å². The van der Waals surface area contributed by atoms with Gasteiger partial charge in [-0.3, -0.25) is 9.59 Å². The number of amides is 2. The summed E-state index contributed by atoms with van der Waals surface area (Å²) in [5.74, 6) is 0.0808. The summed E-state index contributed by atoms with van der Waals surface area (Å²) in [4.78, 5) is 25.4. The summed E-state index contributed by atoms with van der Waals surface area (Å²) in [6.07, 6.45) is 1.66. The lowest BCUT2D eigenvalue weighted by Crippen LogP contribution is -2.39. The average molecular weight is 325 g/mol. The third kappa shape index (κ3) is 5.68. The maximum atomic E-state index is 11.9. The second-order valence-corrected chi connectivity index (χ2v) is 5.74. The predicted octanol–water partition coefficient (Wildman–Crippen LogP) is 3.24. The van der Waals surface area contributed by atoms with Crippen LogP contribution in [0.4, 0.5) is 0 Å². The van der Waals surface area contributed by atoms with Gasteiger partial charge in [0.05, 0.1) is 0 Å². The lowest BCUT2D eigenvalue weighted by Gasteiger charge is -2.22. The Labute approximate surface area is 137 Å². The van der Waals surface area contributed by atoms with Crippen molar-refractivity contribution in [2.45, 2.75) is 40.2 Å². The Bertz CT molecular complexity index is 501. The standard InChI is InChI=1S/C17H25ClN2O2/c1-4-14(5-2)17(22)19-10-11-20(13(3)21)12-15-8-6-7-9-16(15)18/h6-9,14H,4-5,10-12H2,1-3H3,(H,19,22). The van der Waals surface area contributed by atoms with E-state index in [1.807, 2.05) is 38.1 Å². The van der Waals surface area contributed by atoms with Gasteiger partial charge < -0.3 is 10.2 Å². The summed E-state index contributed by atoms with van der Waals surface area (Å²) >= 11 is 6.13. The summed E-state index contributed by atoms with van der Waals surface area (Å²) in [7, 11) is 0. The van der Waals surface area contributed by atoms with Gasteiger partial charge in [-0.15, -0.1) is 0 Å². The summed E-state index contributed by atoms with van der Waals surface area (Å²) < 4.78 is 0. The molecule has 0 aliphatic rings. The molecule has 0 fully saturated rings. The monoisotopic (exact) mass is 324 g/mol. The van der Waals surface area contributed by atoms with Crippen LogP contribution in [0.5, 0.6) is 0 Å². The van der Waals surface area contributed by atoms with E-state index in [0.29, 0.717) is 24.7 Å². The topological polar surface area (TPSA) is 49.4 Å². The van der Waals surface area contributed by atoms with Crippen LogP contribution in [-0.2, 0) is 16.1 Å². The number of nitrogens with one attached hydrogen (secondary N) is 1. The van der Waals surface area contributed by atoms with E-state index < -0.39 is 0 Å². The highest BCUT2D eigenvalue weighted by Gasteiger charge is 2.15. The van der Waals surface area contributed by atoms with Crippen LogP contribution >= 0.6 is 11.6 Å². The number of carbonyl (C=O) groups excluding carboxylic acids is 2. The molecule has 4 nitrogen and oxygen atoms in total. The van der Waals surface area contributed by atoms with Gasteiger partial charge in [-0.2, -0.15) is 0 Å². The molecule has 0 aliphatic heterocycles. The summed E-state index contributed by atoms with van der Waals surface area (Å²) in [6.45, 7) is 6.93. The number of carbonyl (C=O) groups is 2. The van der Waals surface area contributed by atoms with Crippen LogP contribution in [0.1, 0.15) is 39.2 Å². The average Bonchev–Trinajstić information content (AvgIpc) is 2.49. The largest absolute Gasteiger partial charge is 0.354 e. The fourth-order valence-electron chi connectivity index (χ4n) is 2.30. The van der Waals surface area contributed by atoms with Crippen LogP contribution < -0.4 is 5.32 Å². The van der Waals surface area contributed by atoms with Crippen molar-refractivity contribution in [1.29, 1.82) is 0 Å². The maximum absolute atomic E-state index is 11.9. The quantitative estimate of drug-likeness (QED) is 0.798. The Morgan fingerprint density at radius 3 is 2.41 bits per heavy atom. The van der Waals surface area contributed by atoms with Crippen molar-refractivity contribution in [3.8, 4) is 0 Å². The Kier molecular flexibility index (Phi) is 7.96. The SMILES string of the molecule is CCC(CC)C(=O)NCCN(Cc1ccccc1Cl)C(C)=O. The number of rotatable bonds is 8. The molecule has 0 heterocycles. The third-order valence-electron chi connectivity index (χ3n) is 3.80. The molecule has 0 saturated heterocycles. The molecule has 22 heavy (non-hydrogen) atoms. The first-order valence-electron chi connectivity index (χ1n) is 7.76. The van der Waals surface area contributed by atoms with Crippen molar-refractivity contribution in [2.75, 3.05) is 13.1 Å². The lowest BCUT2D eigenvalue weighted by molar-refractivity contribution is -0.130. The minimum atomic E-state index is -0.0308. The van der Waals surface area contributed by atoms with Crippen molar-refractivity contribution >= 4 is 23.4 Å². The van der Waals surface area contributed by atoms with E-state index in [9.17, 15) is 9.59 Å². The van der Waals surface area contributed by atoms with Crippen molar-refractivity contribution in [3.63, 3.8) is 0 Å². The van der Waals surface area contributed by atoms with Gasteiger partial charge in [-0.05, 0) is 24.5 Å². The van der Waals surface area contributed by atoms with Crippen LogP contribution in [0.15, 0.2) is 24.3 Å². The molecule has 1 N–H and O–H groups in total. The molecule has 0 saturated carbocycles. The van der Waals surface area contributed by atoms with E-state index in [4.69, 9.17) is 11.6 Å². The van der Waals surface area contributed by atoms with Gasteiger partial charge in [0.15, 0.2) is 0 Å². The molecule has 0 aliphatic carbocycles. The number of nitrogens with zero attached hydrogens (tertiary/aromatic N) is 1. The summed E-state index contributed by atoms with van der Waals surface area (Å²) in [5.41, 5.74) is 0.908. The van der Waals surface area contributed by atoms with Crippen molar-refractivity contribution < 1.29 is 9.59 Å². The van der Waals surface area contributed by atoms with Gasteiger partial charge >= 0.3 is 0 Å². The first-order valence-corrected chi connectivity index (χ1v) is 8.14. The lowest BCUT2D eigenvalue weighted by atomic mass is 10.0. The van der Waals surface area contributed by atoms with Crippen molar-refractivity contribution in [1.82, 2.24) is 10.2 Å². The third-order valence-corrected chi connectivity index (χ3v) is 4.17. The van der Waals surface area contributed by atoms with Gasteiger partial charge in [-0.25, -0.2) is 0 Å². The molecule has 1 aromatic carbocycles. The Hall–Kier alpha value is -1.55. The highest BCUT2D eigenvalue weighted by molar-refractivity contribution is 6.31. The fourth-order valence-corrected chi connectivity index (χ4v) is 2.49. The number of halogens is 1. The maximum Gasteiger partial charge on any atom is 0.223 e. The molecule has 0 radical (unpaired) electrons. The van der Waals surface area contributed by atoms with Gasteiger partial charge in [0, 0.05) is 37.5 Å². The van der Waals surface area contributed by atoms with Crippen LogP contribution in [0.25, 0.3) is 0 Å². The second kappa shape index (κ2) is 9.46. The summed E-state index contributed by atoms with van der Waals surface area (Å²) in [5, 5.41) is 3.55. The Morgan fingerprint density at radius 1 is 1.23 bits per heavy atom.